The van der Waals surface area contributed by atoms with E-state index in [1.807, 2.05) is 0 Å². The lowest BCUT2D eigenvalue weighted by molar-refractivity contribution is -0.645. The highest BCUT2D eigenvalue weighted by Crippen LogP contribution is 2.19. The Labute approximate surface area is 71.9 Å². The minimum Gasteiger partial charge on any atom is -0.570 e. The van der Waals surface area contributed by atoms with E-state index in [-0.39, 0.29) is 6.04 Å². The SMILES string of the molecule is CON[N+]([O-])=NC1CCCCC1. The highest BCUT2D eigenvalue weighted by Gasteiger charge is 2.15. The van der Waals surface area contributed by atoms with Crippen LogP contribution in [0, 0.1) is 5.21 Å². The second-order valence-corrected chi connectivity index (χ2v) is 2.98. The van der Waals surface area contributed by atoms with Gasteiger partial charge in [0.25, 0.3) is 0 Å². The average Bonchev–Trinajstić information content (AvgIpc) is 2.06. The molecule has 0 radical (unpaired) electrons. The summed E-state index contributed by atoms with van der Waals surface area (Å²) in [5.41, 5.74) is 2.10. The molecule has 1 N–H and O–H groups in total. The van der Waals surface area contributed by atoms with Crippen LogP contribution in [0.5, 0.6) is 0 Å². The maximum atomic E-state index is 10.8. The fourth-order valence-corrected chi connectivity index (χ4v) is 1.45. The molecule has 0 aliphatic heterocycles. The lowest BCUT2D eigenvalue weighted by Crippen LogP contribution is -2.24. The first-order chi connectivity index (χ1) is 5.83. The minimum absolute atomic E-state index is 0.180. The van der Waals surface area contributed by atoms with Crippen LogP contribution < -0.4 is 5.59 Å². The summed E-state index contributed by atoms with van der Waals surface area (Å²) in [6.45, 7) is 0. The monoisotopic (exact) mass is 173 g/mol. The molecule has 1 saturated carbocycles. The van der Waals surface area contributed by atoms with Gasteiger partial charge in [-0.15, -0.1) is 0 Å². The van der Waals surface area contributed by atoms with Gasteiger partial charge >= 0.3 is 0 Å². The van der Waals surface area contributed by atoms with Crippen molar-refractivity contribution in [3.8, 4) is 0 Å². The maximum absolute atomic E-state index is 10.8. The van der Waals surface area contributed by atoms with Crippen LogP contribution in [0.2, 0.25) is 0 Å². The Bertz CT molecular complexity index is 155. The van der Waals surface area contributed by atoms with E-state index in [0.717, 1.165) is 12.8 Å². The molecule has 5 heteroatoms. The van der Waals surface area contributed by atoms with Crippen LogP contribution in [0.4, 0.5) is 0 Å². The molecule has 0 spiro atoms. The normalized spacial score (nSPS) is 20.9. The van der Waals surface area contributed by atoms with E-state index in [9.17, 15) is 5.21 Å². The maximum Gasteiger partial charge on any atom is 0.117 e. The largest absolute Gasteiger partial charge is 0.570 e. The Hall–Kier alpha value is -0.840. The summed E-state index contributed by atoms with van der Waals surface area (Å²) >= 11 is 0. The highest BCUT2D eigenvalue weighted by atomic mass is 16.7. The summed E-state index contributed by atoms with van der Waals surface area (Å²) in [5, 5.41) is 14.7. The molecule has 70 valence electrons. The highest BCUT2D eigenvalue weighted by molar-refractivity contribution is 4.68. The molecule has 1 fully saturated rings. The third-order valence-corrected chi connectivity index (χ3v) is 2.01. The fourth-order valence-electron chi connectivity index (χ4n) is 1.45. The first kappa shape index (κ1) is 9.25. The molecule has 1 aliphatic rings. The lowest BCUT2D eigenvalue weighted by Gasteiger charge is -2.14. The predicted molar refractivity (Wildman–Crippen MR) is 43.1 cm³/mol. The van der Waals surface area contributed by atoms with Crippen LogP contribution in [0.3, 0.4) is 0 Å². The van der Waals surface area contributed by atoms with Crippen LogP contribution in [-0.4, -0.2) is 18.1 Å². The summed E-state index contributed by atoms with van der Waals surface area (Å²) in [7, 11) is 1.39. The van der Waals surface area contributed by atoms with E-state index in [1.54, 1.807) is 0 Å². The summed E-state index contributed by atoms with van der Waals surface area (Å²) in [5.74, 6) is 0. The van der Waals surface area contributed by atoms with Gasteiger partial charge in [-0.1, -0.05) is 19.3 Å². The van der Waals surface area contributed by atoms with Crippen molar-refractivity contribution in [1.29, 1.82) is 0 Å². The van der Waals surface area contributed by atoms with Crippen LogP contribution in [0.25, 0.3) is 0 Å². The smallest absolute Gasteiger partial charge is 0.117 e. The van der Waals surface area contributed by atoms with Gasteiger partial charge in [-0.3, -0.25) is 0 Å². The molecule has 0 aromatic heterocycles. The molecule has 12 heavy (non-hydrogen) atoms. The Morgan fingerprint density at radius 3 is 2.67 bits per heavy atom. The Morgan fingerprint density at radius 1 is 1.42 bits per heavy atom. The molecular formula is C7H15N3O2. The summed E-state index contributed by atoms with van der Waals surface area (Å²) in [6.07, 6.45) is 5.65. The number of hydrogen-bond acceptors (Lipinski definition) is 3. The van der Waals surface area contributed by atoms with E-state index >= 15 is 0 Å². The van der Waals surface area contributed by atoms with Gasteiger partial charge in [-0.25, -0.2) is 4.84 Å². The van der Waals surface area contributed by atoms with Crippen molar-refractivity contribution in [3.63, 3.8) is 0 Å². The molecule has 0 unspecified atom stereocenters. The molecule has 0 atom stereocenters. The third-order valence-electron chi connectivity index (χ3n) is 2.01. The zero-order valence-corrected chi connectivity index (χ0v) is 7.32. The van der Waals surface area contributed by atoms with Crippen LogP contribution in [0.15, 0.2) is 5.11 Å². The molecule has 5 nitrogen and oxygen atoms in total. The van der Waals surface area contributed by atoms with E-state index in [0.29, 0.717) is 4.97 Å². The topological polar surface area (TPSA) is 59.7 Å². The zero-order chi connectivity index (χ0) is 8.81. The second kappa shape index (κ2) is 4.92. The van der Waals surface area contributed by atoms with Crippen molar-refractivity contribution in [1.82, 2.24) is 5.59 Å². The van der Waals surface area contributed by atoms with Crippen molar-refractivity contribution in [3.05, 3.63) is 5.21 Å². The molecule has 0 amide bonds. The Kier molecular flexibility index (Phi) is 3.79. The van der Waals surface area contributed by atoms with Crippen molar-refractivity contribution in [2.24, 2.45) is 5.11 Å². The number of nitrogens with zero attached hydrogens (tertiary/aromatic N) is 2. The van der Waals surface area contributed by atoms with Gasteiger partial charge in [0.1, 0.15) is 6.04 Å². The van der Waals surface area contributed by atoms with Crippen molar-refractivity contribution in [2.45, 2.75) is 38.1 Å². The van der Waals surface area contributed by atoms with Gasteiger partial charge in [0, 0.05) is 5.11 Å². The molecule has 1 rings (SSSR count). The first-order valence-corrected chi connectivity index (χ1v) is 4.29. The number of rotatable bonds is 3. The van der Waals surface area contributed by atoms with Crippen LogP contribution in [-0.2, 0) is 4.84 Å². The standard InChI is InChI=1S/C7H15N3O2/c1-12-9-10(11)8-7-5-3-2-4-6-7/h7H,2-6H2,1H3,(H,8,9). The van der Waals surface area contributed by atoms with Gasteiger partial charge in [-0.2, -0.15) is 0 Å². The Balaban J connectivity index is 2.31. The van der Waals surface area contributed by atoms with Crippen molar-refractivity contribution >= 4 is 0 Å². The molecule has 1 aliphatic carbocycles. The minimum atomic E-state index is 0.180. The van der Waals surface area contributed by atoms with Gasteiger partial charge in [0.05, 0.1) is 12.1 Å². The quantitative estimate of drug-likeness (QED) is 0.398. The van der Waals surface area contributed by atoms with E-state index in [4.69, 9.17) is 0 Å². The first-order valence-electron chi connectivity index (χ1n) is 4.29. The van der Waals surface area contributed by atoms with Crippen molar-refractivity contribution < 1.29 is 9.81 Å². The summed E-state index contributed by atoms with van der Waals surface area (Å²) in [6, 6.07) is 0.180. The molecular weight excluding hydrogens is 158 g/mol. The molecule has 0 aromatic rings. The second-order valence-electron chi connectivity index (χ2n) is 2.98. The predicted octanol–water partition coefficient (Wildman–Crippen LogP) is 1.35. The average molecular weight is 173 g/mol. The van der Waals surface area contributed by atoms with Crippen LogP contribution in [0.1, 0.15) is 32.1 Å². The van der Waals surface area contributed by atoms with Crippen molar-refractivity contribution in [2.75, 3.05) is 7.11 Å². The van der Waals surface area contributed by atoms with Gasteiger partial charge in [-0.05, 0) is 18.4 Å². The Morgan fingerprint density at radius 2 is 2.08 bits per heavy atom. The number of nitrogens with one attached hydrogen (secondary N) is 1. The summed E-state index contributed by atoms with van der Waals surface area (Å²) < 4.78 is 0. The third kappa shape index (κ3) is 3.04. The molecule has 0 bridgehead atoms. The number of hydrogen-bond donors (Lipinski definition) is 1. The van der Waals surface area contributed by atoms with Crippen LogP contribution >= 0.6 is 0 Å². The van der Waals surface area contributed by atoms with E-state index in [1.165, 1.54) is 26.4 Å². The van der Waals surface area contributed by atoms with Gasteiger partial charge in [0.2, 0.25) is 0 Å². The zero-order valence-electron chi connectivity index (χ0n) is 7.32. The molecule has 0 saturated heterocycles. The fraction of sp³-hybridized carbons (Fsp3) is 1.00. The number of hydrazine groups is 1. The van der Waals surface area contributed by atoms with E-state index in [2.05, 4.69) is 15.5 Å². The molecule has 0 aromatic carbocycles. The van der Waals surface area contributed by atoms with Gasteiger partial charge < -0.3 is 5.21 Å². The van der Waals surface area contributed by atoms with E-state index < -0.39 is 0 Å². The lowest BCUT2D eigenvalue weighted by atomic mass is 9.96. The summed E-state index contributed by atoms with van der Waals surface area (Å²) in [4.78, 5) is 4.81. The van der Waals surface area contributed by atoms with Gasteiger partial charge in [0.15, 0.2) is 0 Å². The molecule has 0 heterocycles.